The summed E-state index contributed by atoms with van der Waals surface area (Å²) in [6, 6.07) is 2.92. The number of aryl methyl sites for hydroxylation is 1. The third-order valence-electron chi connectivity index (χ3n) is 2.30. The van der Waals surface area contributed by atoms with Crippen LogP contribution in [0.4, 0.5) is 10.2 Å². The standard InChI is InChI=1S/C10H8Cl2FN3/c1-16-10(14)5(4-15-16)8-6(11)2-3-7(12)9(8)13/h2-4H,14H2,1H3. The highest BCUT2D eigenvalue weighted by molar-refractivity contribution is 6.35. The number of aromatic nitrogens is 2. The summed E-state index contributed by atoms with van der Waals surface area (Å²) in [5.74, 6) is -0.253. The minimum Gasteiger partial charge on any atom is -0.383 e. The van der Waals surface area contributed by atoms with Gasteiger partial charge in [-0.05, 0) is 12.1 Å². The quantitative estimate of drug-likeness (QED) is 0.800. The Morgan fingerprint density at radius 1 is 1.31 bits per heavy atom. The van der Waals surface area contributed by atoms with Crippen LogP contribution >= 0.6 is 23.2 Å². The maximum absolute atomic E-state index is 13.8. The van der Waals surface area contributed by atoms with Crippen molar-refractivity contribution >= 4 is 29.0 Å². The first kappa shape index (κ1) is 11.2. The van der Waals surface area contributed by atoms with E-state index in [0.717, 1.165) is 0 Å². The summed E-state index contributed by atoms with van der Waals surface area (Å²) in [6.45, 7) is 0. The second-order valence-corrected chi connectivity index (χ2v) is 4.10. The Morgan fingerprint density at radius 3 is 2.50 bits per heavy atom. The van der Waals surface area contributed by atoms with Crippen LogP contribution in [0, 0.1) is 5.82 Å². The number of nitrogens with zero attached hydrogens (tertiary/aromatic N) is 2. The van der Waals surface area contributed by atoms with E-state index >= 15 is 0 Å². The Hall–Kier alpha value is -1.26. The zero-order valence-corrected chi connectivity index (χ0v) is 9.85. The molecule has 0 atom stereocenters. The van der Waals surface area contributed by atoms with Crippen LogP contribution in [0.2, 0.25) is 10.0 Å². The second kappa shape index (κ2) is 3.96. The average Bonchev–Trinajstić information content (AvgIpc) is 2.56. The summed E-state index contributed by atoms with van der Waals surface area (Å²) in [5, 5.41) is 4.18. The van der Waals surface area contributed by atoms with E-state index < -0.39 is 5.82 Å². The van der Waals surface area contributed by atoms with Gasteiger partial charge in [-0.25, -0.2) is 4.39 Å². The monoisotopic (exact) mass is 259 g/mol. The Balaban J connectivity index is 2.73. The fraction of sp³-hybridized carbons (Fsp3) is 0.100. The lowest BCUT2D eigenvalue weighted by Crippen LogP contribution is -1.99. The first-order valence-corrected chi connectivity index (χ1v) is 5.19. The van der Waals surface area contributed by atoms with Crippen molar-refractivity contribution in [3.63, 3.8) is 0 Å². The van der Waals surface area contributed by atoms with Crippen LogP contribution in [-0.4, -0.2) is 9.78 Å². The number of anilines is 1. The molecular weight excluding hydrogens is 252 g/mol. The fourth-order valence-electron chi connectivity index (χ4n) is 1.41. The van der Waals surface area contributed by atoms with Gasteiger partial charge in [0, 0.05) is 18.2 Å². The summed E-state index contributed by atoms with van der Waals surface area (Å²) in [6.07, 6.45) is 1.45. The number of hydrogen-bond donors (Lipinski definition) is 1. The molecule has 0 saturated carbocycles. The largest absolute Gasteiger partial charge is 0.383 e. The van der Waals surface area contributed by atoms with Gasteiger partial charge < -0.3 is 5.73 Å². The molecule has 0 bridgehead atoms. The van der Waals surface area contributed by atoms with Gasteiger partial charge in [-0.2, -0.15) is 5.10 Å². The number of nitrogens with two attached hydrogens (primary N) is 1. The maximum atomic E-state index is 13.8. The van der Waals surface area contributed by atoms with E-state index in [1.54, 1.807) is 7.05 Å². The normalized spacial score (nSPS) is 10.8. The zero-order valence-electron chi connectivity index (χ0n) is 8.34. The molecule has 1 aromatic carbocycles. The van der Waals surface area contributed by atoms with Gasteiger partial charge in [0.2, 0.25) is 0 Å². The van der Waals surface area contributed by atoms with Crippen molar-refractivity contribution in [1.82, 2.24) is 9.78 Å². The minimum absolute atomic E-state index is 0.00246. The highest BCUT2D eigenvalue weighted by Gasteiger charge is 2.17. The third kappa shape index (κ3) is 1.64. The summed E-state index contributed by atoms with van der Waals surface area (Å²) in [5.41, 5.74) is 6.37. The predicted molar refractivity (Wildman–Crippen MR) is 63.0 cm³/mol. The third-order valence-corrected chi connectivity index (χ3v) is 2.90. The summed E-state index contributed by atoms with van der Waals surface area (Å²) in [4.78, 5) is 0. The van der Waals surface area contributed by atoms with E-state index in [-0.39, 0.29) is 15.6 Å². The molecule has 0 unspecified atom stereocenters. The molecule has 0 spiro atoms. The van der Waals surface area contributed by atoms with Gasteiger partial charge in [0.15, 0.2) is 5.82 Å². The molecule has 6 heteroatoms. The lowest BCUT2D eigenvalue weighted by atomic mass is 10.1. The van der Waals surface area contributed by atoms with Gasteiger partial charge in [-0.1, -0.05) is 23.2 Å². The topological polar surface area (TPSA) is 43.8 Å². The van der Waals surface area contributed by atoms with Gasteiger partial charge in [0.25, 0.3) is 0 Å². The van der Waals surface area contributed by atoms with Crippen LogP contribution in [0.3, 0.4) is 0 Å². The van der Waals surface area contributed by atoms with Crippen molar-refractivity contribution in [1.29, 1.82) is 0 Å². The highest BCUT2D eigenvalue weighted by atomic mass is 35.5. The van der Waals surface area contributed by atoms with Crippen LogP contribution in [0.1, 0.15) is 0 Å². The van der Waals surface area contributed by atoms with Crippen molar-refractivity contribution in [2.45, 2.75) is 0 Å². The maximum Gasteiger partial charge on any atom is 0.151 e. The minimum atomic E-state index is -0.589. The highest BCUT2D eigenvalue weighted by Crippen LogP contribution is 2.36. The Morgan fingerprint density at radius 2 is 1.94 bits per heavy atom. The SMILES string of the molecule is Cn1ncc(-c2c(Cl)ccc(Cl)c2F)c1N. The van der Waals surface area contributed by atoms with Crippen molar-refractivity contribution < 1.29 is 4.39 Å². The van der Waals surface area contributed by atoms with Crippen molar-refractivity contribution in [3.8, 4) is 11.1 Å². The van der Waals surface area contributed by atoms with Crippen LogP contribution in [0.5, 0.6) is 0 Å². The molecule has 2 N–H and O–H groups in total. The smallest absolute Gasteiger partial charge is 0.151 e. The van der Waals surface area contributed by atoms with E-state index in [2.05, 4.69) is 5.10 Å². The van der Waals surface area contributed by atoms with Gasteiger partial charge in [0.05, 0.1) is 16.2 Å². The van der Waals surface area contributed by atoms with E-state index in [4.69, 9.17) is 28.9 Å². The Bertz CT molecular complexity index is 551. The number of nitrogen functional groups attached to an aromatic ring is 1. The summed E-state index contributed by atoms with van der Waals surface area (Å²) in [7, 11) is 1.66. The van der Waals surface area contributed by atoms with Crippen molar-refractivity contribution in [2.75, 3.05) is 5.73 Å². The van der Waals surface area contributed by atoms with Crippen molar-refractivity contribution in [3.05, 3.63) is 34.2 Å². The molecule has 2 rings (SSSR count). The molecular formula is C10H8Cl2FN3. The molecule has 0 saturated heterocycles. The Kier molecular flexibility index (Phi) is 2.78. The predicted octanol–water partition coefficient (Wildman–Crippen LogP) is 3.12. The first-order valence-electron chi connectivity index (χ1n) is 4.43. The van der Waals surface area contributed by atoms with Crippen LogP contribution in [0.25, 0.3) is 11.1 Å². The molecule has 0 amide bonds. The lowest BCUT2D eigenvalue weighted by Gasteiger charge is -2.06. The van der Waals surface area contributed by atoms with Crippen molar-refractivity contribution in [2.24, 2.45) is 7.05 Å². The molecule has 3 nitrogen and oxygen atoms in total. The molecule has 0 aliphatic carbocycles. The number of halogens is 3. The zero-order chi connectivity index (χ0) is 11.9. The Labute approximate surface area is 102 Å². The average molecular weight is 260 g/mol. The van der Waals surface area contributed by atoms with Gasteiger partial charge in [-0.3, -0.25) is 4.68 Å². The van der Waals surface area contributed by atoms with Gasteiger partial charge in [0.1, 0.15) is 5.82 Å². The number of benzene rings is 1. The number of hydrogen-bond acceptors (Lipinski definition) is 2. The lowest BCUT2D eigenvalue weighted by molar-refractivity contribution is 0.632. The van der Waals surface area contributed by atoms with Gasteiger partial charge >= 0.3 is 0 Å². The summed E-state index contributed by atoms with van der Waals surface area (Å²) >= 11 is 11.6. The first-order chi connectivity index (χ1) is 7.52. The van der Waals surface area contributed by atoms with Crippen LogP contribution < -0.4 is 5.73 Å². The molecule has 16 heavy (non-hydrogen) atoms. The molecule has 0 radical (unpaired) electrons. The molecule has 84 valence electrons. The van der Waals surface area contributed by atoms with E-state index in [9.17, 15) is 4.39 Å². The van der Waals surface area contributed by atoms with E-state index in [1.165, 1.54) is 23.0 Å². The van der Waals surface area contributed by atoms with E-state index in [1.807, 2.05) is 0 Å². The number of rotatable bonds is 1. The van der Waals surface area contributed by atoms with E-state index in [0.29, 0.717) is 11.4 Å². The molecule has 0 aliphatic heterocycles. The van der Waals surface area contributed by atoms with Crippen LogP contribution in [0.15, 0.2) is 18.3 Å². The molecule has 0 aliphatic rings. The molecule has 0 fully saturated rings. The summed E-state index contributed by atoms with van der Waals surface area (Å²) < 4.78 is 15.3. The fourth-order valence-corrected chi connectivity index (χ4v) is 1.82. The second-order valence-electron chi connectivity index (χ2n) is 3.29. The van der Waals surface area contributed by atoms with Gasteiger partial charge in [-0.15, -0.1) is 0 Å². The molecule has 1 aromatic heterocycles. The van der Waals surface area contributed by atoms with Crippen LogP contribution in [-0.2, 0) is 7.05 Å². The molecule has 1 heterocycles. The molecule has 2 aromatic rings.